The second-order valence-corrected chi connectivity index (χ2v) is 9.72. The van der Waals surface area contributed by atoms with E-state index in [9.17, 15) is 9.59 Å². The van der Waals surface area contributed by atoms with Crippen molar-refractivity contribution in [3.63, 3.8) is 0 Å². The number of nitrogens with one attached hydrogen (secondary N) is 1. The van der Waals surface area contributed by atoms with Crippen LogP contribution in [-0.2, 0) is 19.7 Å². The molecule has 3 N–H and O–H groups in total. The number of esters is 1. The van der Waals surface area contributed by atoms with Crippen LogP contribution in [0.2, 0.25) is 0 Å². The van der Waals surface area contributed by atoms with Crippen LogP contribution in [-0.4, -0.2) is 30.4 Å². The van der Waals surface area contributed by atoms with E-state index in [0.717, 1.165) is 40.7 Å². The first-order valence-corrected chi connectivity index (χ1v) is 13.0. The Hall–Kier alpha value is -4.43. The molecule has 1 heterocycles. The van der Waals surface area contributed by atoms with Crippen molar-refractivity contribution in [2.75, 3.05) is 18.5 Å². The number of hydrogen-bond donors (Lipinski definition) is 2. The van der Waals surface area contributed by atoms with Gasteiger partial charge < -0.3 is 19.7 Å². The maximum absolute atomic E-state index is 12.6. The molecule has 1 aliphatic carbocycles. The van der Waals surface area contributed by atoms with Crippen molar-refractivity contribution in [1.82, 2.24) is 5.16 Å². The molecule has 1 saturated carbocycles. The minimum atomic E-state index is -0.587. The number of hydrogen-bond acceptors (Lipinski definition) is 7. The first-order chi connectivity index (χ1) is 18.9. The van der Waals surface area contributed by atoms with Crippen LogP contribution < -0.4 is 11.1 Å². The Morgan fingerprint density at radius 3 is 2.21 bits per heavy atom. The summed E-state index contributed by atoms with van der Waals surface area (Å²) < 4.78 is 16.4. The molecule has 5 rings (SSSR count). The molecule has 0 spiro atoms. The van der Waals surface area contributed by atoms with E-state index in [0.29, 0.717) is 23.7 Å². The lowest BCUT2D eigenvalue weighted by Gasteiger charge is -2.15. The number of amides is 1. The molecule has 8 heteroatoms. The lowest BCUT2D eigenvalue weighted by molar-refractivity contribution is -0.146. The molecule has 1 aromatic heterocycles. The highest BCUT2D eigenvalue weighted by atomic mass is 16.6. The van der Waals surface area contributed by atoms with Crippen LogP contribution in [0.15, 0.2) is 83.4 Å². The number of anilines is 1. The second kappa shape index (κ2) is 11.1. The molecule has 1 amide bonds. The van der Waals surface area contributed by atoms with Gasteiger partial charge in [0.15, 0.2) is 5.76 Å². The Labute approximate surface area is 227 Å². The van der Waals surface area contributed by atoms with Gasteiger partial charge in [-0.3, -0.25) is 10.1 Å². The summed E-state index contributed by atoms with van der Waals surface area (Å²) in [6, 6.07) is 25.3. The van der Waals surface area contributed by atoms with Crippen molar-refractivity contribution in [2.45, 2.75) is 38.2 Å². The molecule has 39 heavy (non-hydrogen) atoms. The third-order valence-electron chi connectivity index (χ3n) is 7.05. The van der Waals surface area contributed by atoms with Gasteiger partial charge in [0.2, 0.25) is 0 Å². The van der Waals surface area contributed by atoms with Crippen molar-refractivity contribution in [3.05, 3.63) is 95.7 Å². The second-order valence-electron chi connectivity index (χ2n) is 9.72. The van der Waals surface area contributed by atoms with Crippen LogP contribution in [0.25, 0.3) is 22.5 Å². The monoisotopic (exact) mass is 525 g/mol. The summed E-state index contributed by atoms with van der Waals surface area (Å²) in [5.74, 6) is 0.251. The SMILES string of the molecule is Cc1noc(-c2ccc(-c3ccc(C4(C(=O)OCCN)CC4)cc3)cc2)c1NC(=O)O[C@H](C)c1ccccc1. The zero-order valence-corrected chi connectivity index (χ0v) is 22.0. The molecule has 0 aliphatic heterocycles. The predicted molar refractivity (Wildman–Crippen MR) is 148 cm³/mol. The fourth-order valence-corrected chi connectivity index (χ4v) is 4.62. The minimum Gasteiger partial charge on any atom is -0.464 e. The Kier molecular flexibility index (Phi) is 7.47. The van der Waals surface area contributed by atoms with E-state index >= 15 is 0 Å². The van der Waals surface area contributed by atoms with Gasteiger partial charge in [-0.1, -0.05) is 84.0 Å². The highest BCUT2D eigenvalue weighted by molar-refractivity contribution is 5.91. The number of aromatic nitrogens is 1. The molecule has 3 aromatic carbocycles. The summed E-state index contributed by atoms with van der Waals surface area (Å²) in [6.45, 7) is 4.14. The highest BCUT2D eigenvalue weighted by Crippen LogP contribution is 2.49. The van der Waals surface area contributed by atoms with Crippen LogP contribution in [0.1, 0.15) is 42.7 Å². The van der Waals surface area contributed by atoms with Crippen LogP contribution in [0, 0.1) is 6.92 Å². The smallest absolute Gasteiger partial charge is 0.412 e. The number of ether oxygens (including phenoxy) is 2. The standard InChI is InChI=1S/C31H31N3O5/c1-20-27(33-30(36)38-21(2)22-6-4-3-5-7-22)28(39-34-20)25-10-8-23(9-11-25)24-12-14-26(15-13-24)31(16-17-31)29(35)37-19-18-32/h3-15,21H,16-19,32H2,1-2H3,(H,33,36)/t21-/m1/s1. The summed E-state index contributed by atoms with van der Waals surface area (Å²) in [6.07, 6.45) is 0.578. The van der Waals surface area contributed by atoms with E-state index in [4.69, 9.17) is 19.7 Å². The molecule has 0 unspecified atom stereocenters. The average molecular weight is 526 g/mol. The minimum absolute atomic E-state index is 0.199. The van der Waals surface area contributed by atoms with Crippen molar-refractivity contribution in [1.29, 1.82) is 0 Å². The average Bonchev–Trinajstić information content (AvgIpc) is 3.71. The summed E-state index contributed by atoms with van der Waals surface area (Å²) in [5.41, 5.74) is 10.6. The lowest BCUT2D eigenvalue weighted by Crippen LogP contribution is -2.25. The summed E-state index contributed by atoms with van der Waals surface area (Å²) >= 11 is 0. The Morgan fingerprint density at radius 2 is 1.59 bits per heavy atom. The van der Waals surface area contributed by atoms with Crippen LogP contribution in [0.5, 0.6) is 0 Å². The highest BCUT2D eigenvalue weighted by Gasteiger charge is 2.52. The first kappa shape index (κ1) is 26.2. The maximum atomic E-state index is 12.6. The van der Waals surface area contributed by atoms with E-state index in [1.807, 2.05) is 85.8 Å². The number of aryl methyl sites for hydroxylation is 1. The van der Waals surface area contributed by atoms with E-state index in [2.05, 4.69) is 10.5 Å². The van der Waals surface area contributed by atoms with Gasteiger partial charge in [-0.2, -0.15) is 0 Å². The molecule has 0 saturated heterocycles. The largest absolute Gasteiger partial charge is 0.464 e. The lowest BCUT2D eigenvalue weighted by atomic mass is 9.93. The molecule has 0 radical (unpaired) electrons. The van der Waals surface area contributed by atoms with Crippen LogP contribution in [0.4, 0.5) is 10.5 Å². The first-order valence-electron chi connectivity index (χ1n) is 13.0. The van der Waals surface area contributed by atoms with Gasteiger partial charge in [-0.25, -0.2) is 4.79 Å². The molecule has 0 bridgehead atoms. The van der Waals surface area contributed by atoms with Crippen molar-refractivity contribution < 1.29 is 23.6 Å². The van der Waals surface area contributed by atoms with E-state index in [1.54, 1.807) is 6.92 Å². The molecule has 1 aliphatic rings. The van der Waals surface area contributed by atoms with Gasteiger partial charge >= 0.3 is 12.1 Å². The third kappa shape index (κ3) is 5.56. The fourth-order valence-electron chi connectivity index (χ4n) is 4.62. The quantitative estimate of drug-likeness (QED) is 0.251. The van der Waals surface area contributed by atoms with Crippen molar-refractivity contribution in [3.8, 4) is 22.5 Å². The molecule has 8 nitrogen and oxygen atoms in total. The zero-order valence-electron chi connectivity index (χ0n) is 22.0. The van der Waals surface area contributed by atoms with Gasteiger partial charge in [-0.05, 0) is 48.9 Å². The summed E-state index contributed by atoms with van der Waals surface area (Å²) in [4.78, 5) is 25.1. The Balaban J connectivity index is 1.27. The van der Waals surface area contributed by atoms with Gasteiger partial charge in [0, 0.05) is 12.1 Å². The van der Waals surface area contributed by atoms with Crippen molar-refractivity contribution >= 4 is 17.7 Å². The molecule has 200 valence electrons. The number of rotatable bonds is 9. The number of nitrogens with two attached hydrogens (primary N) is 1. The molecular weight excluding hydrogens is 494 g/mol. The van der Waals surface area contributed by atoms with Gasteiger partial charge in [0.1, 0.15) is 24.1 Å². The molecule has 1 atom stereocenters. The van der Waals surface area contributed by atoms with Crippen molar-refractivity contribution in [2.24, 2.45) is 5.73 Å². The summed E-state index contributed by atoms with van der Waals surface area (Å²) in [5, 5.41) is 6.84. The van der Waals surface area contributed by atoms with Crippen LogP contribution >= 0.6 is 0 Å². The molecule has 4 aromatic rings. The van der Waals surface area contributed by atoms with Gasteiger partial charge in [-0.15, -0.1) is 0 Å². The van der Waals surface area contributed by atoms with Crippen LogP contribution in [0.3, 0.4) is 0 Å². The summed E-state index contributed by atoms with van der Waals surface area (Å²) in [7, 11) is 0. The zero-order chi connectivity index (χ0) is 27.4. The molecule has 1 fully saturated rings. The number of carbonyl (C=O) groups is 2. The Morgan fingerprint density at radius 1 is 0.974 bits per heavy atom. The van der Waals surface area contributed by atoms with Gasteiger partial charge in [0.25, 0.3) is 0 Å². The maximum Gasteiger partial charge on any atom is 0.412 e. The molecular formula is C31H31N3O5. The van der Waals surface area contributed by atoms with Gasteiger partial charge in [0.05, 0.1) is 5.41 Å². The topological polar surface area (TPSA) is 117 Å². The number of nitrogens with zero attached hydrogens (tertiary/aromatic N) is 1. The third-order valence-corrected chi connectivity index (χ3v) is 7.05. The Bertz CT molecular complexity index is 1440. The van der Waals surface area contributed by atoms with E-state index < -0.39 is 17.6 Å². The predicted octanol–water partition coefficient (Wildman–Crippen LogP) is 6.16. The number of benzene rings is 3. The number of carbonyl (C=O) groups excluding carboxylic acids is 2. The van der Waals surface area contributed by atoms with E-state index in [1.165, 1.54) is 0 Å². The fraction of sp³-hybridized carbons (Fsp3) is 0.258. The normalized spacial score (nSPS) is 14.3. The van der Waals surface area contributed by atoms with E-state index in [-0.39, 0.29) is 12.6 Å².